The van der Waals surface area contributed by atoms with Crippen LogP contribution in [0.15, 0.2) is 53.1 Å². The van der Waals surface area contributed by atoms with Gasteiger partial charge in [0.25, 0.3) is 5.91 Å². The van der Waals surface area contributed by atoms with Crippen LogP contribution in [0, 0.1) is 11.7 Å². The molecule has 0 saturated heterocycles. The smallest absolute Gasteiger partial charge is 0.254 e. The maximum atomic E-state index is 13.2. The topological polar surface area (TPSA) is 64.8 Å². The van der Waals surface area contributed by atoms with Crippen LogP contribution in [0.4, 0.5) is 4.39 Å². The van der Waals surface area contributed by atoms with Crippen molar-refractivity contribution in [3.63, 3.8) is 0 Å². The van der Waals surface area contributed by atoms with Crippen LogP contribution in [0.5, 0.6) is 11.5 Å². The van der Waals surface area contributed by atoms with Crippen LogP contribution in [0.1, 0.15) is 29.9 Å². The van der Waals surface area contributed by atoms with E-state index in [2.05, 4.69) is 5.16 Å². The van der Waals surface area contributed by atoms with Gasteiger partial charge in [-0.25, -0.2) is 4.39 Å². The molecule has 0 radical (unpaired) electrons. The van der Waals surface area contributed by atoms with Gasteiger partial charge in [-0.2, -0.15) is 0 Å². The molecule has 0 N–H and O–H groups in total. The van der Waals surface area contributed by atoms with E-state index in [1.165, 1.54) is 24.3 Å². The highest BCUT2D eigenvalue weighted by Crippen LogP contribution is 2.34. The second-order valence-electron chi connectivity index (χ2n) is 7.34. The lowest BCUT2D eigenvalue weighted by Gasteiger charge is -2.23. The maximum absolute atomic E-state index is 13.2. The number of hydrogen-bond acceptors (Lipinski definition) is 5. The van der Waals surface area contributed by atoms with Crippen LogP contribution < -0.4 is 9.47 Å². The number of carbonyl (C=O) groups excluding carboxylic acids is 1. The Morgan fingerprint density at radius 3 is 2.47 bits per heavy atom. The number of aromatic nitrogens is 1. The lowest BCUT2D eigenvalue weighted by molar-refractivity contribution is 0.0718. The SMILES string of the molecule is COc1ccc(OC)c(-c2cc(CN(CC(C)C)C(=O)c3ccc(F)cc3)no2)c1. The van der Waals surface area contributed by atoms with E-state index in [0.717, 1.165) is 0 Å². The van der Waals surface area contributed by atoms with E-state index in [-0.39, 0.29) is 24.2 Å². The zero-order valence-electron chi connectivity index (χ0n) is 17.5. The quantitative estimate of drug-likeness (QED) is 0.532. The summed E-state index contributed by atoms with van der Waals surface area (Å²) in [4.78, 5) is 14.6. The van der Waals surface area contributed by atoms with Gasteiger partial charge in [-0.3, -0.25) is 4.79 Å². The van der Waals surface area contributed by atoms with E-state index in [4.69, 9.17) is 14.0 Å². The van der Waals surface area contributed by atoms with Gasteiger partial charge < -0.3 is 18.9 Å². The third kappa shape index (κ3) is 4.97. The van der Waals surface area contributed by atoms with E-state index in [1.807, 2.05) is 13.8 Å². The Morgan fingerprint density at radius 1 is 1.10 bits per heavy atom. The largest absolute Gasteiger partial charge is 0.497 e. The summed E-state index contributed by atoms with van der Waals surface area (Å²) in [5, 5.41) is 4.14. The van der Waals surface area contributed by atoms with E-state index in [9.17, 15) is 9.18 Å². The number of nitrogens with zero attached hydrogens (tertiary/aromatic N) is 2. The second-order valence-corrected chi connectivity index (χ2v) is 7.34. The van der Waals surface area contributed by atoms with Crippen molar-refractivity contribution in [3.05, 3.63) is 65.6 Å². The molecule has 0 aliphatic carbocycles. The average molecular weight is 412 g/mol. The van der Waals surface area contributed by atoms with Crippen LogP contribution in [-0.2, 0) is 6.54 Å². The van der Waals surface area contributed by atoms with Crippen LogP contribution in [-0.4, -0.2) is 36.7 Å². The molecule has 0 unspecified atom stereocenters. The highest BCUT2D eigenvalue weighted by Gasteiger charge is 2.20. The van der Waals surface area contributed by atoms with E-state index in [1.54, 1.807) is 43.4 Å². The lowest BCUT2D eigenvalue weighted by atomic mass is 10.1. The molecular formula is C23H25FN2O4. The first kappa shape index (κ1) is 21.4. The summed E-state index contributed by atoms with van der Waals surface area (Å²) in [5.74, 6) is 1.48. The van der Waals surface area contributed by atoms with Gasteiger partial charge in [0.15, 0.2) is 5.76 Å². The Kier molecular flexibility index (Phi) is 6.72. The van der Waals surface area contributed by atoms with Crippen LogP contribution in [0.3, 0.4) is 0 Å². The minimum absolute atomic E-state index is 0.188. The van der Waals surface area contributed by atoms with Crippen molar-refractivity contribution in [2.24, 2.45) is 5.92 Å². The molecule has 2 aromatic carbocycles. The summed E-state index contributed by atoms with van der Waals surface area (Å²) in [5.41, 5.74) is 1.73. The number of amides is 1. The van der Waals surface area contributed by atoms with Crippen LogP contribution in [0.2, 0.25) is 0 Å². The van der Waals surface area contributed by atoms with Gasteiger partial charge in [-0.05, 0) is 48.4 Å². The predicted molar refractivity (Wildman–Crippen MR) is 111 cm³/mol. The third-order valence-electron chi connectivity index (χ3n) is 4.55. The number of methoxy groups -OCH3 is 2. The number of benzene rings is 2. The first-order valence-electron chi connectivity index (χ1n) is 9.64. The fourth-order valence-corrected chi connectivity index (χ4v) is 3.15. The van der Waals surface area contributed by atoms with Gasteiger partial charge in [0.2, 0.25) is 0 Å². The van der Waals surface area contributed by atoms with E-state index >= 15 is 0 Å². The van der Waals surface area contributed by atoms with Gasteiger partial charge in [0, 0.05) is 18.2 Å². The zero-order chi connectivity index (χ0) is 21.7. The lowest BCUT2D eigenvalue weighted by Crippen LogP contribution is -2.33. The molecule has 30 heavy (non-hydrogen) atoms. The summed E-state index contributed by atoms with van der Waals surface area (Å²) in [6.45, 7) is 4.85. The minimum atomic E-state index is -0.379. The molecule has 1 heterocycles. The Morgan fingerprint density at radius 2 is 1.83 bits per heavy atom. The van der Waals surface area contributed by atoms with E-state index < -0.39 is 0 Å². The summed E-state index contributed by atoms with van der Waals surface area (Å²) >= 11 is 0. The minimum Gasteiger partial charge on any atom is -0.497 e. The van der Waals surface area contributed by atoms with E-state index in [0.29, 0.717) is 40.6 Å². The molecular weight excluding hydrogens is 387 g/mol. The highest BCUT2D eigenvalue weighted by molar-refractivity contribution is 5.94. The van der Waals surface area contributed by atoms with Gasteiger partial charge in [0.05, 0.1) is 26.3 Å². The molecule has 3 aromatic rings. The molecule has 0 spiro atoms. The Bertz CT molecular complexity index is 999. The normalized spacial score (nSPS) is 10.9. The van der Waals surface area contributed by atoms with Gasteiger partial charge in [0.1, 0.15) is 23.0 Å². The average Bonchev–Trinajstić information content (AvgIpc) is 3.21. The van der Waals surface area contributed by atoms with Crippen molar-refractivity contribution in [3.8, 4) is 22.8 Å². The second kappa shape index (κ2) is 9.43. The van der Waals surface area contributed by atoms with Crippen molar-refractivity contribution < 1.29 is 23.2 Å². The van der Waals surface area contributed by atoms with Gasteiger partial charge in [-0.15, -0.1) is 0 Å². The van der Waals surface area contributed by atoms with Gasteiger partial charge in [-0.1, -0.05) is 19.0 Å². The number of ether oxygens (including phenoxy) is 2. The van der Waals surface area contributed by atoms with Crippen molar-refractivity contribution in [1.82, 2.24) is 10.1 Å². The molecule has 0 aliphatic heterocycles. The van der Waals surface area contributed by atoms with Crippen molar-refractivity contribution in [2.45, 2.75) is 20.4 Å². The molecule has 0 aliphatic rings. The van der Waals surface area contributed by atoms with Crippen LogP contribution >= 0.6 is 0 Å². The first-order chi connectivity index (χ1) is 14.4. The Balaban J connectivity index is 1.86. The maximum Gasteiger partial charge on any atom is 0.254 e. The van der Waals surface area contributed by atoms with Gasteiger partial charge >= 0.3 is 0 Å². The molecule has 7 heteroatoms. The predicted octanol–water partition coefficient (Wildman–Crippen LogP) is 4.80. The molecule has 158 valence electrons. The monoisotopic (exact) mass is 412 g/mol. The first-order valence-corrected chi connectivity index (χ1v) is 9.64. The molecule has 0 saturated carbocycles. The number of rotatable bonds is 8. The summed E-state index contributed by atoms with van der Waals surface area (Å²) in [7, 11) is 3.16. The fourth-order valence-electron chi connectivity index (χ4n) is 3.15. The number of carbonyl (C=O) groups is 1. The standard InChI is InChI=1S/C23H25FN2O4/c1-15(2)13-26(23(27)16-5-7-17(24)8-6-16)14-18-11-22(30-25-18)20-12-19(28-3)9-10-21(20)29-4/h5-12,15H,13-14H2,1-4H3. The number of hydrogen-bond donors (Lipinski definition) is 0. The van der Waals surface area contributed by atoms with Crippen molar-refractivity contribution in [1.29, 1.82) is 0 Å². The molecule has 1 aromatic heterocycles. The Labute approximate surface area is 175 Å². The molecule has 0 fully saturated rings. The van der Waals surface area contributed by atoms with Crippen molar-refractivity contribution >= 4 is 5.91 Å². The molecule has 0 bridgehead atoms. The Hall–Kier alpha value is -3.35. The molecule has 0 atom stereocenters. The molecule has 6 nitrogen and oxygen atoms in total. The summed E-state index contributed by atoms with van der Waals surface area (Å²) < 4.78 is 29.4. The number of halogens is 1. The van der Waals surface area contributed by atoms with Crippen LogP contribution in [0.25, 0.3) is 11.3 Å². The molecule has 1 amide bonds. The highest BCUT2D eigenvalue weighted by atomic mass is 19.1. The van der Waals surface area contributed by atoms with Crippen molar-refractivity contribution in [2.75, 3.05) is 20.8 Å². The summed E-state index contributed by atoms with van der Waals surface area (Å²) in [6, 6.07) is 12.7. The fraction of sp³-hybridized carbons (Fsp3) is 0.304. The zero-order valence-corrected chi connectivity index (χ0v) is 17.5. The molecule has 3 rings (SSSR count). The summed E-state index contributed by atoms with van der Waals surface area (Å²) in [6.07, 6.45) is 0. The third-order valence-corrected chi connectivity index (χ3v) is 4.55.